The summed E-state index contributed by atoms with van der Waals surface area (Å²) >= 11 is 0. The van der Waals surface area contributed by atoms with E-state index in [1.165, 1.54) is 19.3 Å². The first-order chi connectivity index (χ1) is 7.34. The van der Waals surface area contributed by atoms with Crippen LogP contribution in [-0.4, -0.2) is 12.1 Å². The van der Waals surface area contributed by atoms with Gasteiger partial charge in [0.05, 0.1) is 0 Å². The maximum absolute atomic E-state index is 13.7. The SMILES string of the molecule is Fc1ccccc1C1CCC2CCC1N2. The van der Waals surface area contributed by atoms with Crippen LogP contribution in [0.5, 0.6) is 0 Å². The molecule has 0 aromatic heterocycles. The molecule has 0 radical (unpaired) electrons. The summed E-state index contributed by atoms with van der Waals surface area (Å²) in [7, 11) is 0. The molecule has 1 nitrogen and oxygen atoms in total. The van der Waals surface area contributed by atoms with Gasteiger partial charge in [-0.15, -0.1) is 0 Å². The monoisotopic (exact) mass is 205 g/mol. The molecule has 1 aromatic carbocycles. The Morgan fingerprint density at radius 1 is 1.07 bits per heavy atom. The molecule has 0 aliphatic carbocycles. The first-order valence-corrected chi connectivity index (χ1v) is 5.85. The van der Waals surface area contributed by atoms with Gasteiger partial charge >= 0.3 is 0 Å². The highest BCUT2D eigenvalue weighted by molar-refractivity contribution is 5.25. The van der Waals surface area contributed by atoms with Gasteiger partial charge in [0, 0.05) is 18.0 Å². The highest BCUT2D eigenvalue weighted by Crippen LogP contribution is 2.38. The molecular formula is C13H16FN. The number of fused-ring (bicyclic) bond motifs is 2. The maximum atomic E-state index is 13.7. The van der Waals surface area contributed by atoms with Crippen LogP contribution in [-0.2, 0) is 0 Å². The van der Waals surface area contributed by atoms with Gasteiger partial charge in [0.1, 0.15) is 5.82 Å². The average Bonchev–Trinajstić information content (AvgIpc) is 2.63. The molecule has 2 heterocycles. The van der Waals surface area contributed by atoms with E-state index in [2.05, 4.69) is 5.32 Å². The number of rotatable bonds is 1. The molecule has 3 unspecified atom stereocenters. The van der Waals surface area contributed by atoms with Gasteiger partial charge in [-0.3, -0.25) is 0 Å². The minimum atomic E-state index is -0.0327. The third kappa shape index (κ3) is 1.57. The van der Waals surface area contributed by atoms with Crippen LogP contribution in [0.25, 0.3) is 0 Å². The lowest BCUT2D eigenvalue weighted by Gasteiger charge is -2.30. The van der Waals surface area contributed by atoms with E-state index in [0.29, 0.717) is 18.0 Å². The first-order valence-electron chi connectivity index (χ1n) is 5.85. The van der Waals surface area contributed by atoms with Crippen molar-refractivity contribution in [1.29, 1.82) is 0 Å². The van der Waals surface area contributed by atoms with Crippen LogP contribution in [0.4, 0.5) is 4.39 Å². The second-order valence-corrected chi connectivity index (χ2v) is 4.75. The van der Waals surface area contributed by atoms with Gasteiger partial charge in [0.2, 0.25) is 0 Å². The van der Waals surface area contributed by atoms with Crippen molar-refractivity contribution < 1.29 is 4.39 Å². The van der Waals surface area contributed by atoms with E-state index in [1.54, 1.807) is 12.1 Å². The fraction of sp³-hybridized carbons (Fsp3) is 0.538. The minimum Gasteiger partial charge on any atom is -0.311 e. The zero-order chi connectivity index (χ0) is 10.3. The number of halogens is 1. The quantitative estimate of drug-likeness (QED) is 0.743. The maximum Gasteiger partial charge on any atom is 0.126 e. The fourth-order valence-corrected chi connectivity index (χ4v) is 3.13. The number of hydrogen-bond donors (Lipinski definition) is 1. The van der Waals surface area contributed by atoms with Crippen molar-refractivity contribution in [2.24, 2.45) is 0 Å². The third-order valence-corrected chi connectivity index (χ3v) is 3.89. The molecule has 2 saturated heterocycles. The second-order valence-electron chi connectivity index (χ2n) is 4.75. The topological polar surface area (TPSA) is 12.0 Å². The van der Waals surface area contributed by atoms with Crippen LogP contribution in [0.15, 0.2) is 24.3 Å². The van der Waals surface area contributed by atoms with Crippen LogP contribution in [0, 0.1) is 5.82 Å². The summed E-state index contributed by atoms with van der Waals surface area (Å²) < 4.78 is 13.7. The molecule has 1 N–H and O–H groups in total. The Morgan fingerprint density at radius 3 is 2.73 bits per heavy atom. The number of hydrogen-bond acceptors (Lipinski definition) is 1. The predicted molar refractivity (Wildman–Crippen MR) is 58.3 cm³/mol. The highest BCUT2D eigenvalue weighted by atomic mass is 19.1. The summed E-state index contributed by atoms with van der Waals surface area (Å²) in [5.41, 5.74) is 0.912. The largest absolute Gasteiger partial charge is 0.311 e. The van der Waals surface area contributed by atoms with Gasteiger partial charge in [-0.05, 0) is 37.3 Å². The summed E-state index contributed by atoms with van der Waals surface area (Å²) in [6.07, 6.45) is 4.83. The van der Waals surface area contributed by atoms with Crippen molar-refractivity contribution in [3.05, 3.63) is 35.6 Å². The lowest BCUT2D eigenvalue weighted by atomic mass is 9.85. The number of benzene rings is 1. The average molecular weight is 205 g/mol. The van der Waals surface area contributed by atoms with Gasteiger partial charge in [0.15, 0.2) is 0 Å². The third-order valence-electron chi connectivity index (χ3n) is 3.89. The molecule has 15 heavy (non-hydrogen) atoms. The Balaban J connectivity index is 1.90. The van der Waals surface area contributed by atoms with E-state index in [9.17, 15) is 4.39 Å². The summed E-state index contributed by atoms with van der Waals surface area (Å²) in [6, 6.07) is 8.46. The Labute approximate surface area is 89.7 Å². The molecule has 2 heteroatoms. The fourth-order valence-electron chi connectivity index (χ4n) is 3.13. The molecular weight excluding hydrogens is 189 g/mol. The Morgan fingerprint density at radius 2 is 1.87 bits per heavy atom. The molecule has 2 aliphatic rings. The molecule has 0 amide bonds. The van der Waals surface area contributed by atoms with Gasteiger partial charge < -0.3 is 5.32 Å². The zero-order valence-corrected chi connectivity index (χ0v) is 8.75. The molecule has 3 atom stereocenters. The van der Waals surface area contributed by atoms with Crippen molar-refractivity contribution in [2.45, 2.75) is 43.7 Å². The van der Waals surface area contributed by atoms with Crippen LogP contribution >= 0.6 is 0 Å². The van der Waals surface area contributed by atoms with Gasteiger partial charge in [-0.25, -0.2) is 4.39 Å². The van der Waals surface area contributed by atoms with Crippen molar-refractivity contribution in [2.75, 3.05) is 0 Å². The molecule has 80 valence electrons. The molecule has 0 saturated carbocycles. The van der Waals surface area contributed by atoms with E-state index in [-0.39, 0.29) is 5.82 Å². The van der Waals surface area contributed by atoms with Crippen LogP contribution in [0.1, 0.15) is 37.2 Å². The number of nitrogens with one attached hydrogen (secondary N) is 1. The van der Waals surface area contributed by atoms with Gasteiger partial charge in [0.25, 0.3) is 0 Å². The van der Waals surface area contributed by atoms with E-state index in [1.807, 2.05) is 12.1 Å². The Hall–Kier alpha value is -0.890. The lowest BCUT2D eigenvalue weighted by Crippen LogP contribution is -2.39. The van der Waals surface area contributed by atoms with Crippen molar-refractivity contribution in [3.63, 3.8) is 0 Å². The molecule has 2 fully saturated rings. The first kappa shape index (κ1) is 9.34. The van der Waals surface area contributed by atoms with Crippen LogP contribution < -0.4 is 5.32 Å². The standard InChI is InChI=1S/C13H16FN/c14-12-4-2-1-3-10(12)11-7-5-9-6-8-13(11)15-9/h1-4,9,11,13,15H,5-8H2. The van der Waals surface area contributed by atoms with Crippen molar-refractivity contribution >= 4 is 0 Å². The van der Waals surface area contributed by atoms with Crippen molar-refractivity contribution in [1.82, 2.24) is 5.32 Å². The number of piperidine rings is 1. The van der Waals surface area contributed by atoms with Gasteiger partial charge in [-0.1, -0.05) is 18.2 Å². The van der Waals surface area contributed by atoms with E-state index in [0.717, 1.165) is 12.0 Å². The Kier molecular flexibility index (Phi) is 2.24. The van der Waals surface area contributed by atoms with Crippen molar-refractivity contribution in [3.8, 4) is 0 Å². The molecule has 2 bridgehead atoms. The summed E-state index contributed by atoms with van der Waals surface area (Å²) in [5, 5.41) is 3.60. The van der Waals surface area contributed by atoms with Gasteiger partial charge in [-0.2, -0.15) is 0 Å². The second kappa shape index (κ2) is 3.60. The van der Waals surface area contributed by atoms with E-state index in [4.69, 9.17) is 0 Å². The normalized spacial score (nSPS) is 34.3. The van der Waals surface area contributed by atoms with E-state index >= 15 is 0 Å². The Bertz CT molecular complexity index is 363. The zero-order valence-electron chi connectivity index (χ0n) is 8.75. The molecule has 0 spiro atoms. The molecule has 1 aromatic rings. The summed E-state index contributed by atoms with van der Waals surface area (Å²) in [4.78, 5) is 0. The smallest absolute Gasteiger partial charge is 0.126 e. The molecule has 3 rings (SSSR count). The summed E-state index contributed by atoms with van der Waals surface area (Å²) in [5.74, 6) is 0.361. The highest BCUT2D eigenvalue weighted by Gasteiger charge is 2.36. The van der Waals surface area contributed by atoms with E-state index < -0.39 is 0 Å². The van der Waals surface area contributed by atoms with Crippen LogP contribution in [0.3, 0.4) is 0 Å². The predicted octanol–water partition coefficient (Wildman–Crippen LogP) is 2.82. The molecule has 2 aliphatic heterocycles. The minimum absolute atomic E-state index is 0.0327. The summed E-state index contributed by atoms with van der Waals surface area (Å²) in [6.45, 7) is 0. The lowest BCUT2D eigenvalue weighted by molar-refractivity contribution is 0.351. The van der Waals surface area contributed by atoms with Crippen LogP contribution in [0.2, 0.25) is 0 Å².